The van der Waals surface area contributed by atoms with Gasteiger partial charge >= 0.3 is 0 Å². The molecular weight excluding hydrogens is 380 g/mol. The van der Waals surface area contributed by atoms with Gasteiger partial charge in [0.2, 0.25) is 5.95 Å². The van der Waals surface area contributed by atoms with Gasteiger partial charge in [-0.1, -0.05) is 23.7 Å². The molecule has 0 spiro atoms. The van der Waals surface area contributed by atoms with Crippen LogP contribution in [0, 0.1) is 0 Å². The molecule has 8 heteroatoms. The molecular formula is C20H19ClN4O3. The number of hydrogen-bond donors (Lipinski definition) is 2. The minimum absolute atomic E-state index is 0.323. The monoisotopic (exact) mass is 398 g/mol. The number of nitrogens with zero attached hydrogens (tertiary/aromatic N) is 2. The summed E-state index contributed by atoms with van der Waals surface area (Å²) < 4.78 is 10.4. The second-order valence-electron chi connectivity index (χ2n) is 5.80. The summed E-state index contributed by atoms with van der Waals surface area (Å²) in [6.45, 7) is 0.550. The van der Waals surface area contributed by atoms with E-state index in [-0.39, 0.29) is 5.91 Å². The average molecular weight is 399 g/mol. The first-order valence-electron chi connectivity index (χ1n) is 8.43. The Morgan fingerprint density at radius 1 is 1.00 bits per heavy atom. The molecule has 0 atom stereocenters. The zero-order valence-electron chi connectivity index (χ0n) is 15.4. The molecule has 1 amide bonds. The van der Waals surface area contributed by atoms with Crippen molar-refractivity contribution in [1.82, 2.24) is 9.97 Å². The fourth-order valence-electron chi connectivity index (χ4n) is 2.44. The van der Waals surface area contributed by atoms with Crippen molar-refractivity contribution in [3.63, 3.8) is 0 Å². The van der Waals surface area contributed by atoms with Crippen LogP contribution < -0.4 is 20.1 Å². The molecule has 0 fully saturated rings. The van der Waals surface area contributed by atoms with Gasteiger partial charge in [0.1, 0.15) is 0 Å². The molecule has 7 nitrogen and oxygen atoms in total. The van der Waals surface area contributed by atoms with Crippen molar-refractivity contribution in [3.8, 4) is 11.5 Å². The Hall–Kier alpha value is -3.32. The topological polar surface area (TPSA) is 85.4 Å². The lowest BCUT2D eigenvalue weighted by Crippen LogP contribution is -2.13. The second-order valence-corrected chi connectivity index (χ2v) is 6.24. The van der Waals surface area contributed by atoms with Crippen molar-refractivity contribution in [2.24, 2.45) is 0 Å². The number of anilines is 2. The zero-order chi connectivity index (χ0) is 19.9. The van der Waals surface area contributed by atoms with E-state index in [0.717, 1.165) is 5.56 Å². The van der Waals surface area contributed by atoms with E-state index < -0.39 is 0 Å². The van der Waals surface area contributed by atoms with E-state index in [4.69, 9.17) is 21.1 Å². The van der Waals surface area contributed by atoms with Gasteiger partial charge in [-0.3, -0.25) is 4.79 Å². The molecule has 0 saturated carbocycles. The van der Waals surface area contributed by atoms with E-state index in [1.54, 1.807) is 25.3 Å². The lowest BCUT2D eigenvalue weighted by Gasteiger charge is -2.10. The third-order valence-corrected chi connectivity index (χ3v) is 4.17. The SMILES string of the molecule is COc1ccc(NC(=O)c2cnc(NCc3ccc(Cl)cc3)nc2)cc1OC. The number of nitrogens with one attached hydrogen (secondary N) is 2. The van der Waals surface area contributed by atoms with Crippen molar-refractivity contribution < 1.29 is 14.3 Å². The van der Waals surface area contributed by atoms with Crippen LogP contribution >= 0.6 is 11.6 Å². The molecule has 2 aromatic carbocycles. The van der Waals surface area contributed by atoms with Gasteiger partial charge in [0.05, 0.1) is 19.8 Å². The number of amides is 1. The van der Waals surface area contributed by atoms with Crippen LogP contribution in [-0.2, 0) is 6.54 Å². The third-order valence-electron chi connectivity index (χ3n) is 3.92. The van der Waals surface area contributed by atoms with E-state index >= 15 is 0 Å². The quantitative estimate of drug-likeness (QED) is 0.625. The van der Waals surface area contributed by atoms with Crippen LogP contribution in [0.4, 0.5) is 11.6 Å². The fourth-order valence-corrected chi connectivity index (χ4v) is 2.56. The van der Waals surface area contributed by atoms with Gasteiger partial charge in [-0.15, -0.1) is 0 Å². The van der Waals surface area contributed by atoms with Crippen LogP contribution in [0.1, 0.15) is 15.9 Å². The minimum atomic E-state index is -0.323. The van der Waals surface area contributed by atoms with E-state index in [1.165, 1.54) is 19.5 Å². The summed E-state index contributed by atoms with van der Waals surface area (Å²) in [6, 6.07) is 12.6. The summed E-state index contributed by atoms with van der Waals surface area (Å²) in [6.07, 6.45) is 2.93. The van der Waals surface area contributed by atoms with Gasteiger partial charge in [0, 0.05) is 35.7 Å². The summed E-state index contributed by atoms with van der Waals surface area (Å²) in [5, 5.41) is 6.56. The van der Waals surface area contributed by atoms with E-state index in [9.17, 15) is 4.79 Å². The average Bonchev–Trinajstić information content (AvgIpc) is 2.73. The molecule has 1 heterocycles. The Balaban J connectivity index is 1.61. The largest absolute Gasteiger partial charge is 0.493 e. The number of hydrogen-bond acceptors (Lipinski definition) is 6. The number of benzene rings is 2. The Morgan fingerprint density at radius 2 is 1.68 bits per heavy atom. The summed E-state index contributed by atoms with van der Waals surface area (Å²) in [4.78, 5) is 20.8. The summed E-state index contributed by atoms with van der Waals surface area (Å²) >= 11 is 5.87. The Labute approximate surface area is 167 Å². The van der Waals surface area contributed by atoms with Crippen LogP contribution in [0.3, 0.4) is 0 Å². The van der Waals surface area contributed by atoms with Gasteiger partial charge in [-0.25, -0.2) is 9.97 Å². The molecule has 0 aliphatic heterocycles. The van der Waals surface area contributed by atoms with Crippen LogP contribution in [0.15, 0.2) is 54.9 Å². The molecule has 144 valence electrons. The molecule has 0 radical (unpaired) electrons. The van der Waals surface area contributed by atoms with Gasteiger partial charge < -0.3 is 20.1 Å². The number of methoxy groups -OCH3 is 2. The minimum Gasteiger partial charge on any atom is -0.493 e. The fraction of sp³-hybridized carbons (Fsp3) is 0.150. The standard InChI is InChI=1S/C20H19ClN4O3/c1-27-17-8-7-16(9-18(17)28-2)25-19(26)14-11-23-20(24-12-14)22-10-13-3-5-15(21)6-4-13/h3-9,11-12H,10H2,1-2H3,(H,25,26)(H,22,23,24). The predicted molar refractivity (Wildman–Crippen MR) is 108 cm³/mol. The molecule has 2 N–H and O–H groups in total. The normalized spacial score (nSPS) is 10.2. The molecule has 3 rings (SSSR count). The first-order valence-corrected chi connectivity index (χ1v) is 8.80. The highest BCUT2D eigenvalue weighted by molar-refractivity contribution is 6.30. The van der Waals surface area contributed by atoms with Crippen molar-refractivity contribution in [1.29, 1.82) is 0 Å². The first kappa shape index (κ1) is 19.4. The van der Waals surface area contributed by atoms with Crippen molar-refractivity contribution in [2.75, 3.05) is 24.9 Å². The van der Waals surface area contributed by atoms with Gasteiger partial charge in [0.25, 0.3) is 5.91 Å². The number of aromatic nitrogens is 2. The molecule has 0 saturated heterocycles. The number of ether oxygens (including phenoxy) is 2. The number of halogens is 1. The smallest absolute Gasteiger partial charge is 0.258 e. The van der Waals surface area contributed by atoms with Crippen LogP contribution in [-0.4, -0.2) is 30.1 Å². The van der Waals surface area contributed by atoms with Crippen molar-refractivity contribution in [2.45, 2.75) is 6.54 Å². The van der Waals surface area contributed by atoms with E-state index in [0.29, 0.717) is 40.3 Å². The maximum Gasteiger partial charge on any atom is 0.258 e. The van der Waals surface area contributed by atoms with Crippen LogP contribution in [0.25, 0.3) is 0 Å². The third kappa shape index (κ3) is 4.89. The lowest BCUT2D eigenvalue weighted by atomic mass is 10.2. The molecule has 3 aromatic rings. The van der Waals surface area contributed by atoms with Gasteiger partial charge in [-0.05, 0) is 29.8 Å². The number of carbonyl (C=O) groups excluding carboxylic acids is 1. The Kier molecular flexibility index (Phi) is 6.29. The lowest BCUT2D eigenvalue weighted by molar-refractivity contribution is 0.102. The summed E-state index contributed by atoms with van der Waals surface area (Å²) in [5.41, 5.74) is 1.96. The Bertz CT molecular complexity index is 947. The highest BCUT2D eigenvalue weighted by Crippen LogP contribution is 2.29. The summed E-state index contributed by atoms with van der Waals surface area (Å²) in [7, 11) is 3.09. The maximum atomic E-state index is 12.4. The van der Waals surface area contributed by atoms with Crippen molar-refractivity contribution >= 4 is 29.1 Å². The maximum absolute atomic E-state index is 12.4. The van der Waals surface area contributed by atoms with Crippen molar-refractivity contribution in [3.05, 3.63) is 71.0 Å². The first-order chi connectivity index (χ1) is 13.6. The van der Waals surface area contributed by atoms with Gasteiger partial charge in [0.15, 0.2) is 11.5 Å². The van der Waals surface area contributed by atoms with Crippen LogP contribution in [0.5, 0.6) is 11.5 Å². The number of carbonyl (C=O) groups is 1. The zero-order valence-corrected chi connectivity index (χ0v) is 16.2. The highest BCUT2D eigenvalue weighted by atomic mass is 35.5. The van der Waals surface area contributed by atoms with Gasteiger partial charge in [-0.2, -0.15) is 0 Å². The summed E-state index contributed by atoms with van der Waals surface area (Å²) in [5.74, 6) is 1.22. The van der Waals surface area contributed by atoms with Crippen LogP contribution in [0.2, 0.25) is 5.02 Å². The molecule has 0 aliphatic carbocycles. The molecule has 0 aliphatic rings. The predicted octanol–water partition coefficient (Wildman–Crippen LogP) is 4.01. The second kappa shape index (κ2) is 9.05. The van der Waals surface area contributed by atoms with E-state index in [2.05, 4.69) is 20.6 Å². The molecule has 0 unspecified atom stereocenters. The molecule has 28 heavy (non-hydrogen) atoms. The number of rotatable bonds is 7. The highest BCUT2D eigenvalue weighted by Gasteiger charge is 2.10. The van der Waals surface area contributed by atoms with E-state index in [1.807, 2.05) is 24.3 Å². The molecule has 0 bridgehead atoms. The molecule has 1 aromatic heterocycles. The Morgan fingerprint density at radius 3 is 2.32 bits per heavy atom.